The summed E-state index contributed by atoms with van der Waals surface area (Å²) in [5.41, 5.74) is 1.61. The number of hydrogen-bond acceptors (Lipinski definition) is 3. The quantitative estimate of drug-likeness (QED) is 0.844. The summed E-state index contributed by atoms with van der Waals surface area (Å²) in [5.74, 6) is 0.593. The van der Waals surface area contributed by atoms with Gasteiger partial charge in [0.1, 0.15) is 0 Å². The number of carbonyl (C=O) groups excluding carboxylic acids is 1. The maximum Gasteiger partial charge on any atom is 0.319 e. The van der Waals surface area contributed by atoms with Crippen molar-refractivity contribution in [2.45, 2.75) is 32.6 Å². The van der Waals surface area contributed by atoms with Gasteiger partial charge in [-0.25, -0.2) is 4.79 Å². The van der Waals surface area contributed by atoms with E-state index in [-0.39, 0.29) is 12.1 Å². The van der Waals surface area contributed by atoms with Crippen LogP contribution in [0.4, 0.5) is 10.5 Å². The predicted molar refractivity (Wildman–Crippen MR) is 93.8 cm³/mol. The van der Waals surface area contributed by atoms with Crippen molar-refractivity contribution >= 4 is 23.3 Å². The Labute approximate surface area is 145 Å². The Bertz CT molecular complexity index is 759. The molecule has 24 heavy (non-hydrogen) atoms. The van der Waals surface area contributed by atoms with E-state index in [9.17, 15) is 4.79 Å². The Balaban J connectivity index is 1.62. The van der Waals surface area contributed by atoms with Crippen molar-refractivity contribution in [2.75, 3.05) is 5.32 Å². The van der Waals surface area contributed by atoms with Crippen LogP contribution >= 0.6 is 11.6 Å². The highest BCUT2D eigenvalue weighted by Gasteiger charge is 2.31. The van der Waals surface area contributed by atoms with E-state index in [4.69, 9.17) is 21.1 Å². The number of hydrogen-bond donors (Lipinski definition) is 2. The molecule has 1 aliphatic heterocycles. The van der Waals surface area contributed by atoms with Gasteiger partial charge in [-0.1, -0.05) is 23.7 Å². The largest absolute Gasteiger partial charge is 0.449 e. The molecular weight excluding hydrogens is 328 g/mol. The zero-order valence-electron chi connectivity index (χ0n) is 13.7. The summed E-state index contributed by atoms with van der Waals surface area (Å²) in [5, 5.41) is 6.35. The lowest BCUT2D eigenvalue weighted by molar-refractivity contribution is -0.0431. The Hall–Kier alpha value is -2.40. The van der Waals surface area contributed by atoms with Gasteiger partial charge in [0.2, 0.25) is 5.79 Å². The molecule has 0 aliphatic carbocycles. The Kier molecular flexibility index (Phi) is 4.28. The lowest BCUT2D eigenvalue weighted by Crippen LogP contribution is -2.31. The summed E-state index contributed by atoms with van der Waals surface area (Å²) in [4.78, 5) is 12.2. The van der Waals surface area contributed by atoms with Gasteiger partial charge in [-0.2, -0.15) is 0 Å². The summed E-state index contributed by atoms with van der Waals surface area (Å²) in [6.45, 7) is 5.58. The number of anilines is 1. The number of rotatable bonds is 3. The Morgan fingerprint density at radius 1 is 1.08 bits per heavy atom. The van der Waals surface area contributed by atoms with Crippen LogP contribution in [0.1, 0.15) is 32.4 Å². The second kappa shape index (κ2) is 6.24. The molecule has 0 saturated carbocycles. The molecule has 126 valence electrons. The first-order valence-electron chi connectivity index (χ1n) is 7.67. The molecule has 2 aromatic rings. The van der Waals surface area contributed by atoms with Crippen LogP contribution in [0.3, 0.4) is 0 Å². The topological polar surface area (TPSA) is 59.6 Å². The lowest BCUT2D eigenvalue weighted by Gasteiger charge is -2.16. The van der Waals surface area contributed by atoms with E-state index in [0.717, 1.165) is 5.56 Å². The predicted octanol–water partition coefficient (Wildman–Crippen LogP) is 4.73. The van der Waals surface area contributed by atoms with Crippen LogP contribution in [0.2, 0.25) is 5.02 Å². The van der Waals surface area contributed by atoms with Crippen LogP contribution < -0.4 is 20.1 Å². The molecule has 0 spiro atoms. The van der Waals surface area contributed by atoms with Crippen molar-refractivity contribution < 1.29 is 14.3 Å². The third kappa shape index (κ3) is 3.74. The number of carbonyl (C=O) groups is 1. The molecule has 5 nitrogen and oxygen atoms in total. The number of nitrogens with one attached hydrogen (secondary N) is 2. The van der Waals surface area contributed by atoms with E-state index < -0.39 is 5.79 Å². The monoisotopic (exact) mass is 346 g/mol. The van der Waals surface area contributed by atoms with E-state index >= 15 is 0 Å². The fraction of sp³-hybridized carbons (Fsp3) is 0.278. The maximum atomic E-state index is 12.2. The minimum absolute atomic E-state index is 0.143. The number of urea groups is 1. The molecule has 2 N–H and O–H groups in total. The van der Waals surface area contributed by atoms with Gasteiger partial charge in [0.15, 0.2) is 11.5 Å². The zero-order valence-corrected chi connectivity index (χ0v) is 14.5. The zero-order chi connectivity index (χ0) is 17.3. The second-order valence-electron chi connectivity index (χ2n) is 6.14. The van der Waals surface area contributed by atoms with Gasteiger partial charge in [-0.3, -0.25) is 0 Å². The van der Waals surface area contributed by atoms with Crippen LogP contribution in [0.25, 0.3) is 0 Å². The number of halogens is 1. The molecule has 6 heteroatoms. The van der Waals surface area contributed by atoms with Crippen LogP contribution in [0, 0.1) is 0 Å². The summed E-state index contributed by atoms with van der Waals surface area (Å²) >= 11 is 5.87. The molecule has 1 unspecified atom stereocenters. The summed E-state index contributed by atoms with van der Waals surface area (Å²) < 4.78 is 11.3. The molecule has 2 amide bonds. The molecule has 0 aromatic heterocycles. The van der Waals surface area contributed by atoms with Gasteiger partial charge in [-0.15, -0.1) is 0 Å². The van der Waals surface area contributed by atoms with Crippen LogP contribution in [-0.2, 0) is 0 Å². The molecule has 1 aliphatic rings. The molecule has 3 rings (SSSR count). The first-order chi connectivity index (χ1) is 11.3. The van der Waals surface area contributed by atoms with Crippen molar-refractivity contribution in [3.05, 3.63) is 53.1 Å². The molecule has 0 fully saturated rings. The highest BCUT2D eigenvalue weighted by atomic mass is 35.5. The van der Waals surface area contributed by atoms with Crippen molar-refractivity contribution in [1.29, 1.82) is 0 Å². The molecule has 1 heterocycles. The molecule has 0 radical (unpaired) electrons. The number of amides is 2. The summed E-state index contributed by atoms with van der Waals surface area (Å²) in [6, 6.07) is 12.2. The molecule has 1 atom stereocenters. The van der Waals surface area contributed by atoms with Gasteiger partial charge in [-0.05, 0) is 36.8 Å². The van der Waals surface area contributed by atoms with E-state index in [1.807, 2.05) is 32.9 Å². The van der Waals surface area contributed by atoms with Crippen LogP contribution in [-0.4, -0.2) is 11.8 Å². The standard InChI is InChI=1S/C18H19ClN2O3/c1-11(12-4-6-13(19)7-5-12)20-17(22)21-14-8-9-15-16(10-14)24-18(2,3)23-15/h4-11H,1-3H3,(H2,20,21,22). The van der Waals surface area contributed by atoms with Gasteiger partial charge < -0.3 is 20.1 Å². The van der Waals surface area contributed by atoms with Crippen molar-refractivity contribution in [3.63, 3.8) is 0 Å². The fourth-order valence-electron chi connectivity index (χ4n) is 2.50. The van der Waals surface area contributed by atoms with Crippen LogP contribution in [0.5, 0.6) is 11.5 Å². The Morgan fingerprint density at radius 2 is 1.75 bits per heavy atom. The minimum atomic E-state index is -0.688. The minimum Gasteiger partial charge on any atom is -0.449 e. The third-order valence-electron chi connectivity index (χ3n) is 3.63. The summed E-state index contributed by atoms with van der Waals surface area (Å²) in [7, 11) is 0. The number of fused-ring (bicyclic) bond motifs is 1. The lowest BCUT2D eigenvalue weighted by atomic mass is 10.1. The van der Waals surface area contributed by atoms with Gasteiger partial charge >= 0.3 is 6.03 Å². The van der Waals surface area contributed by atoms with Crippen molar-refractivity contribution in [1.82, 2.24) is 5.32 Å². The van der Waals surface area contributed by atoms with Crippen molar-refractivity contribution in [3.8, 4) is 11.5 Å². The average Bonchev–Trinajstić information content (AvgIpc) is 2.80. The second-order valence-corrected chi connectivity index (χ2v) is 6.57. The normalized spacial score (nSPS) is 15.7. The smallest absolute Gasteiger partial charge is 0.319 e. The molecular formula is C18H19ClN2O3. The number of benzene rings is 2. The van der Waals surface area contributed by atoms with Gasteiger partial charge in [0, 0.05) is 30.6 Å². The molecule has 2 aromatic carbocycles. The van der Waals surface area contributed by atoms with E-state index in [0.29, 0.717) is 22.2 Å². The fourth-order valence-corrected chi connectivity index (χ4v) is 2.62. The third-order valence-corrected chi connectivity index (χ3v) is 3.88. The Morgan fingerprint density at radius 3 is 2.46 bits per heavy atom. The van der Waals surface area contributed by atoms with Crippen molar-refractivity contribution in [2.24, 2.45) is 0 Å². The SMILES string of the molecule is CC(NC(=O)Nc1ccc2c(c1)OC(C)(C)O2)c1ccc(Cl)cc1. The summed E-state index contributed by atoms with van der Waals surface area (Å²) in [6.07, 6.45) is 0. The molecule has 0 saturated heterocycles. The van der Waals surface area contributed by atoms with E-state index in [1.165, 1.54) is 0 Å². The highest BCUT2D eigenvalue weighted by Crippen LogP contribution is 2.40. The van der Waals surface area contributed by atoms with Gasteiger partial charge in [0.05, 0.1) is 6.04 Å². The molecule has 0 bridgehead atoms. The first kappa shape index (κ1) is 16.5. The van der Waals surface area contributed by atoms with Gasteiger partial charge in [0.25, 0.3) is 0 Å². The van der Waals surface area contributed by atoms with Crippen LogP contribution in [0.15, 0.2) is 42.5 Å². The number of ether oxygens (including phenoxy) is 2. The first-order valence-corrected chi connectivity index (χ1v) is 8.05. The van der Waals surface area contributed by atoms with E-state index in [2.05, 4.69) is 10.6 Å². The maximum absolute atomic E-state index is 12.2. The average molecular weight is 347 g/mol. The highest BCUT2D eigenvalue weighted by molar-refractivity contribution is 6.30. The van der Waals surface area contributed by atoms with E-state index in [1.54, 1.807) is 30.3 Å².